The molecule has 19 heavy (non-hydrogen) atoms. The van der Waals surface area contributed by atoms with Gasteiger partial charge in [-0.3, -0.25) is 0 Å². The van der Waals surface area contributed by atoms with Crippen LogP contribution in [0.5, 0.6) is 0 Å². The second-order valence-electron chi connectivity index (χ2n) is 4.05. The summed E-state index contributed by atoms with van der Waals surface area (Å²) >= 11 is 12.5. The fourth-order valence-corrected chi connectivity index (χ4v) is 2.93. The molecule has 100 valence electrons. The third-order valence-corrected chi connectivity index (χ3v) is 4.75. The Bertz CT molecular complexity index is 602. The van der Waals surface area contributed by atoms with E-state index in [4.69, 9.17) is 11.6 Å². The van der Waals surface area contributed by atoms with Crippen LogP contribution in [0.2, 0.25) is 5.02 Å². The molecule has 0 fully saturated rings. The topological polar surface area (TPSA) is 0 Å². The van der Waals surface area contributed by atoms with Crippen molar-refractivity contribution in [1.29, 1.82) is 0 Å². The zero-order chi connectivity index (χ0) is 14.0. The molecule has 0 aliphatic carbocycles. The molecule has 0 heterocycles. The molecule has 2 rings (SSSR count). The molecule has 0 nitrogen and oxygen atoms in total. The van der Waals surface area contributed by atoms with Gasteiger partial charge in [0.1, 0.15) is 11.6 Å². The SMILES string of the molecule is Fc1ccccc1CC(Br)c1cc(Cl)c(Br)cc1F. The van der Waals surface area contributed by atoms with E-state index >= 15 is 0 Å². The summed E-state index contributed by atoms with van der Waals surface area (Å²) in [6.45, 7) is 0. The van der Waals surface area contributed by atoms with Crippen LogP contribution in [-0.4, -0.2) is 0 Å². The van der Waals surface area contributed by atoms with Gasteiger partial charge in [-0.05, 0) is 46.1 Å². The van der Waals surface area contributed by atoms with Gasteiger partial charge in [-0.1, -0.05) is 45.7 Å². The molecular formula is C14H9Br2ClF2. The van der Waals surface area contributed by atoms with E-state index in [1.165, 1.54) is 12.1 Å². The maximum absolute atomic E-state index is 13.9. The molecular weight excluding hydrogens is 401 g/mol. The van der Waals surface area contributed by atoms with Crippen molar-refractivity contribution in [3.05, 3.63) is 68.7 Å². The number of alkyl halides is 1. The van der Waals surface area contributed by atoms with E-state index in [2.05, 4.69) is 31.9 Å². The number of rotatable bonds is 3. The van der Waals surface area contributed by atoms with E-state index in [0.29, 0.717) is 27.0 Å². The number of halogens is 5. The second kappa shape index (κ2) is 6.33. The van der Waals surface area contributed by atoms with Gasteiger partial charge in [0.15, 0.2) is 0 Å². The molecule has 0 amide bonds. The number of hydrogen-bond acceptors (Lipinski definition) is 0. The van der Waals surface area contributed by atoms with Crippen molar-refractivity contribution in [2.75, 3.05) is 0 Å². The molecule has 0 saturated carbocycles. The maximum atomic E-state index is 13.9. The predicted octanol–water partition coefficient (Wildman–Crippen LogP) is 6.06. The Morgan fingerprint density at radius 1 is 1.11 bits per heavy atom. The Kier molecular flexibility index (Phi) is 4.98. The fourth-order valence-electron chi connectivity index (χ4n) is 1.74. The summed E-state index contributed by atoms with van der Waals surface area (Å²) in [5.74, 6) is -0.676. The lowest BCUT2D eigenvalue weighted by Gasteiger charge is -2.13. The third kappa shape index (κ3) is 3.56. The minimum absolute atomic E-state index is 0.296. The van der Waals surface area contributed by atoms with Gasteiger partial charge in [-0.15, -0.1) is 0 Å². The Morgan fingerprint density at radius 3 is 2.47 bits per heavy atom. The molecule has 1 unspecified atom stereocenters. The normalized spacial score (nSPS) is 12.5. The van der Waals surface area contributed by atoms with Crippen LogP contribution in [0, 0.1) is 11.6 Å². The van der Waals surface area contributed by atoms with Crippen LogP contribution in [0.1, 0.15) is 16.0 Å². The highest BCUT2D eigenvalue weighted by molar-refractivity contribution is 9.10. The summed E-state index contributed by atoms with van der Waals surface area (Å²) in [6.07, 6.45) is 0.349. The van der Waals surface area contributed by atoms with Crippen LogP contribution >= 0.6 is 43.5 Å². The van der Waals surface area contributed by atoms with Gasteiger partial charge in [-0.2, -0.15) is 0 Å². The quantitative estimate of drug-likeness (QED) is 0.426. The van der Waals surface area contributed by atoms with Crippen LogP contribution in [0.3, 0.4) is 0 Å². The first-order chi connectivity index (χ1) is 8.99. The predicted molar refractivity (Wildman–Crippen MR) is 80.9 cm³/mol. The molecule has 0 saturated heterocycles. The third-order valence-electron chi connectivity index (χ3n) is 2.73. The molecule has 0 N–H and O–H groups in total. The molecule has 0 radical (unpaired) electrons. The second-order valence-corrected chi connectivity index (χ2v) is 6.42. The van der Waals surface area contributed by atoms with Crippen LogP contribution < -0.4 is 0 Å². The average molecular weight is 410 g/mol. The Balaban J connectivity index is 2.28. The summed E-state index contributed by atoms with van der Waals surface area (Å²) in [7, 11) is 0. The summed E-state index contributed by atoms with van der Waals surface area (Å²) in [5, 5.41) is 0.425. The fraction of sp³-hybridized carbons (Fsp3) is 0.143. The molecule has 0 aliphatic heterocycles. The summed E-state index contributed by atoms with van der Waals surface area (Å²) in [6, 6.07) is 9.30. The highest BCUT2D eigenvalue weighted by Crippen LogP contribution is 2.34. The van der Waals surface area contributed by atoms with Crippen molar-refractivity contribution in [3.63, 3.8) is 0 Å². The lowest BCUT2D eigenvalue weighted by molar-refractivity contribution is 0.594. The molecule has 2 aromatic carbocycles. The molecule has 0 aromatic heterocycles. The monoisotopic (exact) mass is 408 g/mol. The average Bonchev–Trinajstić information content (AvgIpc) is 2.36. The van der Waals surface area contributed by atoms with Crippen molar-refractivity contribution in [1.82, 2.24) is 0 Å². The van der Waals surface area contributed by atoms with E-state index in [9.17, 15) is 8.78 Å². The van der Waals surface area contributed by atoms with Crippen molar-refractivity contribution < 1.29 is 8.78 Å². The Labute approximate surface area is 132 Å². The van der Waals surface area contributed by atoms with E-state index in [-0.39, 0.29) is 16.5 Å². The largest absolute Gasteiger partial charge is 0.207 e. The van der Waals surface area contributed by atoms with Gasteiger partial charge in [0, 0.05) is 14.9 Å². The summed E-state index contributed by atoms with van der Waals surface area (Å²) in [5.41, 5.74) is 0.944. The zero-order valence-corrected chi connectivity index (χ0v) is 13.6. The van der Waals surface area contributed by atoms with E-state index in [0.717, 1.165) is 0 Å². The van der Waals surface area contributed by atoms with Gasteiger partial charge in [-0.25, -0.2) is 8.78 Å². The standard InChI is InChI=1S/C14H9Br2ClF2/c15-10(5-8-3-1-2-4-13(8)18)9-6-12(17)11(16)7-14(9)19/h1-4,6-7,10H,5H2. The lowest BCUT2D eigenvalue weighted by Crippen LogP contribution is -2.01. The van der Waals surface area contributed by atoms with Crippen LogP contribution in [0.25, 0.3) is 0 Å². The summed E-state index contributed by atoms with van der Waals surface area (Å²) < 4.78 is 27.9. The van der Waals surface area contributed by atoms with Crippen molar-refractivity contribution in [2.45, 2.75) is 11.2 Å². The van der Waals surface area contributed by atoms with Crippen LogP contribution in [-0.2, 0) is 6.42 Å². The lowest BCUT2D eigenvalue weighted by atomic mass is 10.0. The first-order valence-corrected chi connectivity index (χ1v) is 7.59. The van der Waals surface area contributed by atoms with E-state index in [1.54, 1.807) is 24.3 Å². The smallest absolute Gasteiger partial charge is 0.128 e. The van der Waals surface area contributed by atoms with Gasteiger partial charge < -0.3 is 0 Å². The number of benzene rings is 2. The molecule has 5 heteroatoms. The molecule has 0 spiro atoms. The Hall–Kier alpha value is -0.450. The zero-order valence-electron chi connectivity index (χ0n) is 9.64. The molecule has 1 atom stereocenters. The van der Waals surface area contributed by atoms with Crippen molar-refractivity contribution in [2.24, 2.45) is 0 Å². The first-order valence-electron chi connectivity index (χ1n) is 5.51. The van der Waals surface area contributed by atoms with E-state index in [1.807, 2.05) is 0 Å². The maximum Gasteiger partial charge on any atom is 0.128 e. The van der Waals surface area contributed by atoms with Gasteiger partial charge in [0.05, 0.1) is 5.02 Å². The molecule has 0 bridgehead atoms. The number of hydrogen-bond donors (Lipinski definition) is 0. The van der Waals surface area contributed by atoms with Gasteiger partial charge >= 0.3 is 0 Å². The minimum atomic E-state index is -0.380. The highest BCUT2D eigenvalue weighted by Gasteiger charge is 2.17. The highest BCUT2D eigenvalue weighted by atomic mass is 79.9. The molecule has 2 aromatic rings. The Morgan fingerprint density at radius 2 is 1.79 bits per heavy atom. The van der Waals surface area contributed by atoms with Crippen LogP contribution in [0.4, 0.5) is 8.78 Å². The van der Waals surface area contributed by atoms with Gasteiger partial charge in [0.25, 0.3) is 0 Å². The van der Waals surface area contributed by atoms with Gasteiger partial charge in [0.2, 0.25) is 0 Å². The summed E-state index contributed by atoms with van der Waals surface area (Å²) in [4.78, 5) is -0.338. The minimum Gasteiger partial charge on any atom is -0.207 e. The first kappa shape index (κ1) is 14.9. The van der Waals surface area contributed by atoms with Crippen molar-refractivity contribution >= 4 is 43.5 Å². The van der Waals surface area contributed by atoms with E-state index < -0.39 is 0 Å². The van der Waals surface area contributed by atoms with Crippen molar-refractivity contribution in [3.8, 4) is 0 Å². The van der Waals surface area contributed by atoms with Crippen LogP contribution in [0.15, 0.2) is 40.9 Å². The molecule has 0 aliphatic rings.